The van der Waals surface area contributed by atoms with Crippen molar-refractivity contribution in [1.82, 2.24) is 24.6 Å². The number of benzene rings is 1. The molecular formula is C25H33N5O3S. The highest BCUT2D eigenvalue weighted by Crippen LogP contribution is 2.42. The van der Waals surface area contributed by atoms with E-state index in [2.05, 4.69) is 47.0 Å². The number of fused-ring (bicyclic) bond motifs is 3. The minimum absolute atomic E-state index is 0.232. The molecule has 8 nitrogen and oxygen atoms in total. The molecule has 9 heteroatoms. The molecule has 0 amide bonds. The van der Waals surface area contributed by atoms with Gasteiger partial charge in [0.25, 0.3) is 0 Å². The standard InChI is InChI=1S/C25H33N5O3S/c1-16(2)30-23(26-15-27-30)24-28-22-19-7-6-17(12-20(19)32-11-8-21(22)34-24)18-13-29(14-18)9-5-10-33-25(3,4)31/h6-7,12,15-16,18,31H,5,8-11,13-14H2,1-4H3. The Bertz CT molecular complexity index is 1140. The molecule has 2 aliphatic rings. The van der Waals surface area contributed by atoms with E-state index in [0.29, 0.717) is 19.1 Å². The zero-order chi connectivity index (χ0) is 23.9. The van der Waals surface area contributed by atoms with Crippen LogP contribution in [-0.2, 0) is 11.2 Å². The molecule has 0 unspecified atom stereocenters. The summed E-state index contributed by atoms with van der Waals surface area (Å²) in [5.74, 6) is 1.22. The second kappa shape index (κ2) is 9.37. The molecule has 0 bridgehead atoms. The lowest BCUT2D eigenvalue weighted by molar-refractivity contribution is -0.177. The molecule has 0 atom stereocenters. The third-order valence-corrected chi connectivity index (χ3v) is 7.41. The van der Waals surface area contributed by atoms with Crippen LogP contribution in [0.25, 0.3) is 22.1 Å². The zero-order valence-electron chi connectivity index (χ0n) is 20.3. The van der Waals surface area contributed by atoms with Gasteiger partial charge in [0.15, 0.2) is 16.6 Å². The molecule has 0 spiro atoms. The van der Waals surface area contributed by atoms with Gasteiger partial charge in [-0.05, 0) is 51.8 Å². The number of nitrogens with zero attached hydrogens (tertiary/aromatic N) is 5. The second-order valence-electron chi connectivity index (χ2n) is 9.87. The minimum atomic E-state index is -1.05. The van der Waals surface area contributed by atoms with Gasteiger partial charge in [-0.2, -0.15) is 5.10 Å². The van der Waals surface area contributed by atoms with Gasteiger partial charge >= 0.3 is 0 Å². The van der Waals surface area contributed by atoms with Crippen LogP contribution in [0.15, 0.2) is 24.5 Å². The number of aliphatic hydroxyl groups is 1. The average Bonchev–Trinajstić information content (AvgIpc) is 3.36. The van der Waals surface area contributed by atoms with Gasteiger partial charge in [0, 0.05) is 48.5 Å². The summed E-state index contributed by atoms with van der Waals surface area (Å²) in [5.41, 5.74) is 3.40. The maximum absolute atomic E-state index is 9.65. The van der Waals surface area contributed by atoms with Gasteiger partial charge in [-0.25, -0.2) is 14.6 Å². The van der Waals surface area contributed by atoms with Crippen molar-refractivity contribution in [2.75, 3.05) is 32.8 Å². The van der Waals surface area contributed by atoms with E-state index in [1.807, 2.05) is 4.68 Å². The Labute approximate surface area is 204 Å². The predicted molar refractivity (Wildman–Crippen MR) is 132 cm³/mol. The van der Waals surface area contributed by atoms with Crippen LogP contribution >= 0.6 is 11.3 Å². The highest BCUT2D eigenvalue weighted by molar-refractivity contribution is 7.15. The van der Waals surface area contributed by atoms with Crippen LogP contribution in [0, 0.1) is 0 Å². The number of hydrogen-bond donors (Lipinski definition) is 1. The lowest BCUT2D eigenvalue weighted by Crippen LogP contribution is -2.45. The Balaban J connectivity index is 1.27. The van der Waals surface area contributed by atoms with Crippen molar-refractivity contribution in [2.45, 2.75) is 58.3 Å². The summed E-state index contributed by atoms with van der Waals surface area (Å²) in [5, 5.41) is 14.9. The molecule has 34 heavy (non-hydrogen) atoms. The van der Waals surface area contributed by atoms with Crippen LogP contribution in [0.4, 0.5) is 0 Å². The summed E-state index contributed by atoms with van der Waals surface area (Å²) in [6.07, 6.45) is 3.37. The van der Waals surface area contributed by atoms with Crippen molar-refractivity contribution in [3.05, 3.63) is 35.0 Å². The summed E-state index contributed by atoms with van der Waals surface area (Å²) in [6.45, 7) is 11.8. The average molecular weight is 484 g/mol. The molecule has 2 aromatic heterocycles. The second-order valence-corrected chi connectivity index (χ2v) is 11.0. The predicted octanol–water partition coefficient (Wildman–Crippen LogP) is 4.12. The first-order valence-corrected chi connectivity index (χ1v) is 12.9. The molecule has 5 rings (SSSR count). The summed E-state index contributed by atoms with van der Waals surface area (Å²) >= 11 is 1.69. The van der Waals surface area contributed by atoms with E-state index >= 15 is 0 Å². The number of aromatic nitrogens is 4. The van der Waals surface area contributed by atoms with Crippen LogP contribution in [0.5, 0.6) is 5.75 Å². The third-order valence-electron chi connectivity index (χ3n) is 6.30. The van der Waals surface area contributed by atoms with Crippen LogP contribution in [0.2, 0.25) is 0 Å². The summed E-state index contributed by atoms with van der Waals surface area (Å²) in [6, 6.07) is 6.84. The van der Waals surface area contributed by atoms with Gasteiger partial charge < -0.3 is 19.5 Å². The van der Waals surface area contributed by atoms with Crippen molar-refractivity contribution < 1.29 is 14.6 Å². The van der Waals surface area contributed by atoms with Gasteiger partial charge in [0.2, 0.25) is 0 Å². The molecule has 0 radical (unpaired) electrons. The van der Waals surface area contributed by atoms with E-state index in [9.17, 15) is 5.11 Å². The van der Waals surface area contributed by atoms with E-state index in [1.54, 1.807) is 31.5 Å². The van der Waals surface area contributed by atoms with Crippen LogP contribution < -0.4 is 4.74 Å². The Hall–Kier alpha value is -2.33. The number of likely N-dealkylation sites (tertiary alicyclic amines) is 1. The Morgan fingerprint density at radius 1 is 1.29 bits per heavy atom. The van der Waals surface area contributed by atoms with E-state index < -0.39 is 5.79 Å². The number of thiazole rings is 1. The fourth-order valence-corrected chi connectivity index (χ4v) is 5.59. The highest BCUT2D eigenvalue weighted by atomic mass is 32.1. The number of hydrogen-bond acceptors (Lipinski definition) is 8. The largest absolute Gasteiger partial charge is 0.492 e. The number of ether oxygens (including phenoxy) is 2. The van der Waals surface area contributed by atoms with Crippen molar-refractivity contribution in [2.24, 2.45) is 0 Å². The maximum atomic E-state index is 9.65. The third kappa shape index (κ3) is 4.88. The SMILES string of the molecule is CC(C)n1ncnc1-c1nc2c(s1)CCOc1cc(C3CN(CCCOC(C)(C)O)C3)ccc1-2. The molecule has 3 aromatic rings. The van der Waals surface area contributed by atoms with Crippen LogP contribution in [0.3, 0.4) is 0 Å². The summed E-state index contributed by atoms with van der Waals surface area (Å²) in [4.78, 5) is 13.1. The van der Waals surface area contributed by atoms with Gasteiger partial charge in [-0.3, -0.25) is 0 Å². The first-order chi connectivity index (χ1) is 16.3. The monoisotopic (exact) mass is 483 g/mol. The Morgan fingerprint density at radius 3 is 2.88 bits per heavy atom. The Kier molecular flexibility index (Phi) is 6.45. The first kappa shape index (κ1) is 23.4. The normalized spacial score (nSPS) is 16.6. The molecule has 1 saturated heterocycles. The Morgan fingerprint density at radius 2 is 2.12 bits per heavy atom. The fraction of sp³-hybridized carbons (Fsp3) is 0.560. The van der Waals surface area contributed by atoms with Gasteiger partial charge in [0.1, 0.15) is 12.1 Å². The van der Waals surface area contributed by atoms with Gasteiger partial charge in [-0.15, -0.1) is 11.3 Å². The molecule has 182 valence electrons. The van der Waals surface area contributed by atoms with Crippen molar-refractivity contribution in [3.8, 4) is 27.8 Å². The van der Waals surface area contributed by atoms with Crippen molar-refractivity contribution in [3.63, 3.8) is 0 Å². The molecule has 2 aliphatic heterocycles. The topological polar surface area (TPSA) is 85.5 Å². The van der Waals surface area contributed by atoms with Gasteiger partial charge in [-0.1, -0.05) is 6.07 Å². The molecule has 0 saturated carbocycles. The molecule has 0 aliphatic carbocycles. The summed E-state index contributed by atoms with van der Waals surface area (Å²) < 4.78 is 13.5. The molecule has 4 heterocycles. The van der Waals surface area contributed by atoms with Crippen molar-refractivity contribution in [1.29, 1.82) is 0 Å². The zero-order valence-corrected chi connectivity index (χ0v) is 21.1. The minimum Gasteiger partial charge on any atom is -0.492 e. The van der Waals surface area contributed by atoms with Crippen LogP contribution in [0.1, 0.15) is 56.5 Å². The first-order valence-electron chi connectivity index (χ1n) is 12.0. The lowest BCUT2D eigenvalue weighted by Gasteiger charge is -2.40. The van der Waals surface area contributed by atoms with E-state index in [-0.39, 0.29) is 6.04 Å². The molecular weight excluding hydrogens is 450 g/mol. The smallest absolute Gasteiger partial charge is 0.187 e. The van der Waals surface area contributed by atoms with E-state index in [1.165, 1.54) is 10.4 Å². The van der Waals surface area contributed by atoms with Gasteiger partial charge in [0.05, 0.1) is 18.9 Å². The van der Waals surface area contributed by atoms with E-state index in [0.717, 1.165) is 60.3 Å². The van der Waals surface area contributed by atoms with Crippen LogP contribution in [-0.4, -0.2) is 68.4 Å². The highest BCUT2D eigenvalue weighted by Gasteiger charge is 2.30. The lowest BCUT2D eigenvalue weighted by atomic mass is 9.90. The van der Waals surface area contributed by atoms with Crippen molar-refractivity contribution >= 4 is 11.3 Å². The van der Waals surface area contributed by atoms with E-state index in [4.69, 9.17) is 14.5 Å². The summed E-state index contributed by atoms with van der Waals surface area (Å²) in [7, 11) is 0. The maximum Gasteiger partial charge on any atom is 0.187 e. The molecule has 1 N–H and O–H groups in total. The fourth-order valence-electron chi connectivity index (χ4n) is 4.54. The number of rotatable bonds is 8. The molecule has 1 aromatic carbocycles. The molecule has 1 fully saturated rings. The quantitative estimate of drug-likeness (QED) is 0.381.